The van der Waals surface area contributed by atoms with Crippen LogP contribution in [-0.4, -0.2) is 29.8 Å². The molecule has 4 nitrogen and oxygen atoms in total. The largest absolute Gasteiger partial charge is 0.336 e. The fourth-order valence-electron chi connectivity index (χ4n) is 2.98. The van der Waals surface area contributed by atoms with E-state index < -0.39 is 0 Å². The molecule has 0 aliphatic carbocycles. The summed E-state index contributed by atoms with van der Waals surface area (Å²) in [5.74, 6) is -0.270. The van der Waals surface area contributed by atoms with Crippen molar-refractivity contribution in [2.24, 2.45) is 0 Å². The molecule has 0 radical (unpaired) electrons. The Hall–Kier alpha value is -2.33. The van der Waals surface area contributed by atoms with Gasteiger partial charge in [-0.2, -0.15) is 0 Å². The molecule has 24 heavy (non-hydrogen) atoms. The lowest BCUT2D eigenvalue weighted by molar-refractivity contribution is -0.132. The van der Waals surface area contributed by atoms with Crippen LogP contribution in [0.5, 0.6) is 0 Å². The minimum Gasteiger partial charge on any atom is -0.336 e. The van der Waals surface area contributed by atoms with Gasteiger partial charge in [0.1, 0.15) is 6.54 Å². The molecule has 1 heterocycles. The lowest BCUT2D eigenvalue weighted by atomic mass is 10.00. The molecule has 0 unspecified atom stereocenters. The maximum atomic E-state index is 12.7. The standard InChI is InChI=1S/C19H19ClN2O2/c1-14(23)22(18-9-5-4-8-17(18)20)13-19(24)21-11-10-15-6-2-3-7-16(15)12-21/h2-9H,10-13H2,1H3. The first kappa shape index (κ1) is 16.5. The van der Waals surface area contributed by atoms with E-state index in [0.717, 1.165) is 6.42 Å². The van der Waals surface area contributed by atoms with Gasteiger partial charge < -0.3 is 9.80 Å². The summed E-state index contributed by atoms with van der Waals surface area (Å²) in [6, 6.07) is 15.2. The molecular formula is C19H19ClN2O2. The van der Waals surface area contributed by atoms with E-state index in [-0.39, 0.29) is 18.4 Å². The number of nitrogens with zero attached hydrogens (tertiary/aromatic N) is 2. The second-order valence-corrected chi connectivity index (χ2v) is 6.30. The number of fused-ring (bicyclic) bond motifs is 1. The number of para-hydroxylation sites is 1. The van der Waals surface area contributed by atoms with Crippen molar-refractivity contribution in [1.82, 2.24) is 4.90 Å². The summed E-state index contributed by atoms with van der Waals surface area (Å²) in [6.45, 7) is 2.71. The zero-order valence-electron chi connectivity index (χ0n) is 13.5. The van der Waals surface area contributed by atoms with Crippen LogP contribution in [0.1, 0.15) is 18.1 Å². The van der Waals surface area contributed by atoms with Gasteiger partial charge in [0.05, 0.1) is 10.7 Å². The van der Waals surface area contributed by atoms with Crippen molar-refractivity contribution in [3.05, 3.63) is 64.7 Å². The number of hydrogen-bond donors (Lipinski definition) is 0. The predicted molar refractivity (Wildman–Crippen MR) is 95.0 cm³/mol. The number of anilines is 1. The van der Waals surface area contributed by atoms with E-state index in [0.29, 0.717) is 23.8 Å². The van der Waals surface area contributed by atoms with E-state index in [2.05, 4.69) is 6.07 Å². The van der Waals surface area contributed by atoms with E-state index in [1.807, 2.05) is 18.2 Å². The van der Waals surface area contributed by atoms with E-state index in [9.17, 15) is 9.59 Å². The molecular weight excluding hydrogens is 324 g/mol. The van der Waals surface area contributed by atoms with Crippen molar-refractivity contribution >= 4 is 29.1 Å². The maximum Gasteiger partial charge on any atom is 0.242 e. The molecule has 0 N–H and O–H groups in total. The third-order valence-electron chi connectivity index (χ3n) is 4.30. The number of rotatable bonds is 3. The summed E-state index contributed by atoms with van der Waals surface area (Å²) in [5, 5.41) is 0.462. The summed E-state index contributed by atoms with van der Waals surface area (Å²) in [5.41, 5.74) is 3.03. The minimum atomic E-state index is -0.200. The van der Waals surface area contributed by atoms with E-state index in [4.69, 9.17) is 11.6 Å². The zero-order valence-corrected chi connectivity index (χ0v) is 14.3. The van der Waals surface area contributed by atoms with Gasteiger partial charge in [-0.15, -0.1) is 0 Å². The third-order valence-corrected chi connectivity index (χ3v) is 4.62. The van der Waals surface area contributed by atoms with Gasteiger partial charge >= 0.3 is 0 Å². The summed E-state index contributed by atoms with van der Waals surface area (Å²) in [6.07, 6.45) is 0.841. The van der Waals surface area contributed by atoms with Gasteiger partial charge in [-0.3, -0.25) is 9.59 Å². The Morgan fingerprint density at radius 1 is 1.08 bits per heavy atom. The predicted octanol–water partition coefficient (Wildman–Crippen LogP) is 3.28. The highest BCUT2D eigenvalue weighted by Gasteiger charge is 2.24. The molecule has 2 amide bonds. The maximum absolute atomic E-state index is 12.7. The molecule has 3 rings (SSSR count). The second kappa shape index (κ2) is 7.05. The van der Waals surface area contributed by atoms with Gasteiger partial charge in [0, 0.05) is 20.0 Å². The lowest BCUT2D eigenvalue weighted by Gasteiger charge is -2.31. The first-order chi connectivity index (χ1) is 11.6. The van der Waals surface area contributed by atoms with Gasteiger partial charge in [-0.25, -0.2) is 0 Å². The Bertz CT molecular complexity index is 775. The van der Waals surface area contributed by atoms with Gasteiger partial charge in [0.15, 0.2) is 0 Å². The Morgan fingerprint density at radius 3 is 2.46 bits per heavy atom. The highest BCUT2D eigenvalue weighted by Crippen LogP contribution is 2.26. The topological polar surface area (TPSA) is 40.6 Å². The number of halogens is 1. The molecule has 0 aromatic heterocycles. The number of carbonyl (C=O) groups is 2. The molecule has 0 spiro atoms. The van der Waals surface area contributed by atoms with Crippen LogP contribution in [0.3, 0.4) is 0 Å². The minimum absolute atomic E-state index is 0.00122. The van der Waals surface area contributed by atoms with Crippen LogP contribution in [-0.2, 0) is 22.6 Å². The van der Waals surface area contributed by atoms with Gasteiger partial charge in [-0.05, 0) is 29.7 Å². The Morgan fingerprint density at radius 2 is 1.75 bits per heavy atom. The normalized spacial score (nSPS) is 13.3. The number of carbonyl (C=O) groups excluding carboxylic acids is 2. The van der Waals surface area contributed by atoms with Gasteiger partial charge in [-0.1, -0.05) is 48.0 Å². The summed E-state index contributed by atoms with van der Waals surface area (Å²) < 4.78 is 0. The monoisotopic (exact) mass is 342 g/mol. The Balaban J connectivity index is 1.76. The fraction of sp³-hybridized carbons (Fsp3) is 0.263. The summed E-state index contributed by atoms with van der Waals surface area (Å²) in [7, 11) is 0. The average molecular weight is 343 g/mol. The summed E-state index contributed by atoms with van der Waals surface area (Å²) >= 11 is 6.18. The molecule has 0 bridgehead atoms. The van der Waals surface area contributed by atoms with Crippen LogP contribution in [0.25, 0.3) is 0 Å². The molecule has 1 aliphatic heterocycles. The van der Waals surface area contributed by atoms with Crippen molar-refractivity contribution in [3.63, 3.8) is 0 Å². The van der Waals surface area contributed by atoms with E-state index in [1.54, 1.807) is 29.2 Å². The molecule has 124 valence electrons. The molecule has 2 aromatic carbocycles. The molecule has 2 aromatic rings. The van der Waals surface area contributed by atoms with E-state index in [1.165, 1.54) is 23.0 Å². The molecule has 0 fully saturated rings. The molecule has 0 saturated carbocycles. The van der Waals surface area contributed by atoms with Gasteiger partial charge in [0.25, 0.3) is 0 Å². The molecule has 1 aliphatic rings. The van der Waals surface area contributed by atoms with Crippen molar-refractivity contribution in [3.8, 4) is 0 Å². The van der Waals surface area contributed by atoms with Gasteiger partial charge in [0.2, 0.25) is 11.8 Å². The first-order valence-electron chi connectivity index (χ1n) is 7.93. The third kappa shape index (κ3) is 3.44. The van der Waals surface area contributed by atoms with Crippen molar-refractivity contribution < 1.29 is 9.59 Å². The Kier molecular flexibility index (Phi) is 4.86. The van der Waals surface area contributed by atoms with Crippen molar-refractivity contribution in [2.75, 3.05) is 18.0 Å². The molecule has 5 heteroatoms. The highest BCUT2D eigenvalue weighted by atomic mass is 35.5. The number of amides is 2. The van der Waals surface area contributed by atoms with E-state index >= 15 is 0 Å². The molecule has 0 atom stereocenters. The second-order valence-electron chi connectivity index (χ2n) is 5.89. The zero-order chi connectivity index (χ0) is 17.1. The fourth-order valence-corrected chi connectivity index (χ4v) is 3.22. The van der Waals surface area contributed by atoms with Crippen molar-refractivity contribution in [1.29, 1.82) is 0 Å². The van der Waals surface area contributed by atoms with Crippen molar-refractivity contribution in [2.45, 2.75) is 19.9 Å². The Labute approximate surface area is 146 Å². The van der Waals surface area contributed by atoms with Crippen LogP contribution in [0, 0.1) is 0 Å². The smallest absolute Gasteiger partial charge is 0.242 e. The number of benzene rings is 2. The number of hydrogen-bond acceptors (Lipinski definition) is 2. The average Bonchev–Trinajstić information content (AvgIpc) is 2.59. The lowest BCUT2D eigenvalue weighted by Crippen LogP contribution is -2.44. The summed E-state index contributed by atoms with van der Waals surface area (Å²) in [4.78, 5) is 27.9. The van der Waals surface area contributed by atoms with Crippen LogP contribution < -0.4 is 4.90 Å². The first-order valence-corrected chi connectivity index (χ1v) is 8.31. The highest BCUT2D eigenvalue weighted by molar-refractivity contribution is 6.33. The van der Waals surface area contributed by atoms with Crippen LogP contribution >= 0.6 is 11.6 Å². The van der Waals surface area contributed by atoms with Crippen LogP contribution in [0.2, 0.25) is 5.02 Å². The van der Waals surface area contributed by atoms with Crippen LogP contribution in [0.15, 0.2) is 48.5 Å². The molecule has 0 saturated heterocycles. The SMILES string of the molecule is CC(=O)N(CC(=O)N1CCc2ccccc2C1)c1ccccc1Cl. The van der Waals surface area contributed by atoms with Crippen LogP contribution in [0.4, 0.5) is 5.69 Å². The quantitative estimate of drug-likeness (QED) is 0.859.